The molecular weight excluding hydrogens is 1660 g/mol. The fourth-order valence-electron chi connectivity index (χ4n) is 12.4. The van der Waals surface area contributed by atoms with Crippen LogP contribution in [0.4, 0.5) is 0 Å². The number of H-pyrrole nitrogens is 2. The number of fused-ring (bicyclic) bond motifs is 1. The molecule has 728 valence electrons. The van der Waals surface area contributed by atoms with Crippen LogP contribution >= 0.6 is 0 Å². The van der Waals surface area contributed by atoms with Crippen molar-refractivity contribution in [3.8, 4) is 12.3 Å². The molecular formula is C85H169N21O18Si2+2. The molecule has 2 aromatic heterocycles. The van der Waals surface area contributed by atoms with E-state index in [1.807, 2.05) is 70.2 Å². The summed E-state index contributed by atoms with van der Waals surface area (Å²) in [5.41, 5.74) is 34.7. The van der Waals surface area contributed by atoms with Gasteiger partial charge in [-0.15, -0.1) is 12.3 Å². The minimum atomic E-state index is -2.53. The average molecular weight is 1830 g/mol. The van der Waals surface area contributed by atoms with E-state index in [2.05, 4.69) is 133 Å². The van der Waals surface area contributed by atoms with Crippen LogP contribution in [0.1, 0.15) is 218 Å². The average Bonchev–Trinajstić information content (AvgIpc) is 1.65. The number of hydrogen-bond donors (Lipinski definition) is 16. The number of aromatic amines is 2. The zero-order valence-electron chi connectivity index (χ0n) is 79.2. The lowest BCUT2D eigenvalue weighted by Gasteiger charge is -2.34. The van der Waals surface area contributed by atoms with Crippen LogP contribution in [-0.4, -0.2) is 237 Å². The molecule has 1 aliphatic heterocycles. The van der Waals surface area contributed by atoms with E-state index >= 15 is 0 Å². The number of aromatic nitrogens is 6. The van der Waals surface area contributed by atoms with Gasteiger partial charge in [-0.2, -0.15) is 9.36 Å². The van der Waals surface area contributed by atoms with E-state index in [1.165, 1.54) is 44.3 Å². The summed E-state index contributed by atoms with van der Waals surface area (Å²) in [5.74, 6) is -1.34. The Morgan fingerprint density at radius 1 is 0.667 bits per heavy atom. The number of primary amides is 3. The number of azide groups is 1. The molecule has 3 heterocycles. The highest BCUT2D eigenvalue weighted by Crippen LogP contribution is 2.42. The Balaban J connectivity index is -0.000000288. The highest BCUT2D eigenvalue weighted by atomic mass is 28.4. The minimum absolute atomic E-state index is 0. The van der Waals surface area contributed by atoms with E-state index < -0.39 is 56.3 Å². The topological polar surface area (TPSA) is 635 Å². The second kappa shape index (κ2) is 86.0. The predicted octanol–water partition coefficient (Wildman–Crippen LogP) is 3.89. The largest absolute Gasteiger partial charge is 0.501 e. The molecule has 39 nitrogen and oxygen atoms in total. The minimum Gasteiger partial charge on any atom is -0.421 e. The standard InChI is InChI=1S/C27H49N7O5Si.C19H35N7O3.C15H30O4Si.C6H10N4O.C5H10N2O.C3H5NO.2C3H8.C3H4.CH4O.2H2O/c1-4-21(26(37)30-9-5-13-34-14-12-32-33-34)18-22(16-19(2)25(28)36)27(38)31-11-10-29-23-7-6-20(17-24(23)35)8-15-40-39-3;1-4-15(18(28)22-7-5-9-26-12-14(3)24-25-26)11-16(10-13(2)17(21)27)19(29)23-8-6-20;1-11(2)18-20(16-5,19-12(3)4)9-8-13-6-7-14-15(10-13)17-14;1-2-6(11)8-4-3-5-9-10-7;1-2-5(8)7-4-3-6;1-2-3(4)5;3*1-3-2;1-2;;/h12,14,19-24,29,35H,4-11,13,15-18H2,1-3H3,(H4,28,30,31,36,37,38);12-13,15-16H,4-11,20H2,1-3H3,(H4,21,22,23,27,28,29);11-15H,6-10H2,1-5H3;2H,1,3-5H2,(H,8,11);2H,1,3-4,6H2,(H,7,8);2H,1H2,(H2,4,5);2*3H2,1-2H3;1H,2H3;2H,1H3;2*1H2/p+2. The molecule has 0 spiro atoms. The van der Waals surface area contributed by atoms with Crippen LogP contribution in [0.2, 0.25) is 12.1 Å². The Hall–Kier alpha value is -8.45. The van der Waals surface area contributed by atoms with E-state index in [0.717, 1.165) is 88.4 Å². The monoisotopic (exact) mass is 1830 g/mol. The number of nitrogens with zero attached hydrogens (tertiary/aromatic N) is 7. The molecule has 3 fully saturated rings. The number of epoxide rings is 1. The summed E-state index contributed by atoms with van der Waals surface area (Å²) >= 11 is 0. The Labute approximate surface area is 755 Å². The van der Waals surface area contributed by atoms with Crippen molar-refractivity contribution in [2.75, 3.05) is 86.8 Å². The molecule has 2 radical (unpaired) electrons. The molecule has 126 heavy (non-hydrogen) atoms. The number of nitrogens with one attached hydrogen (secondary N) is 9. The summed E-state index contributed by atoms with van der Waals surface area (Å²) in [5, 5.41) is 54.6. The lowest BCUT2D eigenvalue weighted by Crippen LogP contribution is -2.48. The first-order valence-electron chi connectivity index (χ1n) is 43.8. The molecule has 12 atom stereocenters. The normalized spacial score (nSPS) is 16.6. The molecule has 0 bridgehead atoms. The highest BCUT2D eigenvalue weighted by molar-refractivity contribution is 6.60. The number of rotatable bonds is 51. The smallest absolute Gasteiger partial charge is 0.421 e. The van der Waals surface area contributed by atoms with E-state index in [1.54, 1.807) is 41.2 Å². The van der Waals surface area contributed by atoms with Gasteiger partial charge >= 0.3 is 8.80 Å². The summed E-state index contributed by atoms with van der Waals surface area (Å²) < 4.78 is 32.4. The number of carbonyl (C=O) groups is 9. The van der Waals surface area contributed by atoms with Crippen LogP contribution in [0.25, 0.3) is 10.4 Å². The van der Waals surface area contributed by atoms with Gasteiger partial charge in [-0.1, -0.05) is 110 Å². The van der Waals surface area contributed by atoms with Crippen molar-refractivity contribution in [3.05, 3.63) is 72.7 Å². The van der Waals surface area contributed by atoms with Gasteiger partial charge < -0.3 is 109 Å². The molecule has 25 N–H and O–H groups in total. The molecule has 5 rings (SSSR count). The third-order valence-electron chi connectivity index (χ3n) is 18.7. The first-order chi connectivity index (χ1) is 59.1. The molecule has 9 amide bonds. The lowest BCUT2D eigenvalue weighted by atomic mass is 9.82. The fraction of sp³-hybridized carbons (Fsp3) is 0.753. The number of ether oxygens (including phenoxy) is 1. The number of aryl methyl sites for hydroxylation is 3. The molecule has 2 aliphatic carbocycles. The summed E-state index contributed by atoms with van der Waals surface area (Å²) in [6.07, 6.45) is 30.3. The second-order valence-electron chi connectivity index (χ2n) is 30.5. The number of aliphatic hydroxyl groups excluding tert-OH is 2. The summed E-state index contributed by atoms with van der Waals surface area (Å²) in [6.45, 7) is 43.1. The zero-order chi connectivity index (χ0) is 95.2. The number of terminal acetylenes is 1. The quantitative estimate of drug-likeness (QED) is 0.00514. The van der Waals surface area contributed by atoms with Gasteiger partial charge in [0.15, 0.2) is 12.4 Å². The first kappa shape index (κ1) is 131. The number of amides is 9. The van der Waals surface area contributed by atoms with E-state index in [-0.39, 0.29) is 76.5 Å². The van der Waals surface area contributed by atoms with E-state index in [4.69, 9.17) is 56.0 Å². The number of carbonyl (C=O) groups excluding carboxylic acids is 9. The molecule has 12 unspecified atom stereocenters. The van der Waals surface area contributed by atoms with E-state index in [0.29, 0.717) is 145 Å². The van der Waals surface area contributed by atoms with Crippen molar-refractivity contribution < 1.29 is 96.1 Å². The van der Waals surface area contributed by atoms with Gasteiger partial charge in [0.05, 0.1) is 18.3 Å². The second-order valence-corrected chi connectivity index (χ2v) is 34.4. The Bertz CT molecular complexity index is 3220. The fourth-order valence-corrected chi connectivity index (χ4v) is 16.0. The Morgan fingerprint density at radius 3 is 1.51 bits per heavy atom. The predicted molar refractivity (Wildman–Crippen MR) is 496 cm³/mol. The SMILES string of the molecule is C#CC.C=CC(=O)NCCCN=[N+]=[N-].C=CC(=O)NCCN.C=CC(N)=O.CCC.CCC.CCC(CC(CC(C)C(N)=O)C(=O)NCCN)C(=O)NCCC[n+]1cc(C)n[nH]1.CCC(CC(CC(C)C(N)=O)C(=O)NCCNC1CCC(CC[Si]OC)CC1O)C(=O)NCCC[n+]1ccn[nH]1.CO.CO[Si](CCC1CCC2OC2C1)(OC(C)C)OC(C)C.O.O. The van der Waals surface area contributed by atoms with Crippen LogP contribution in [0.3, 0.4) is 0 Å². The van der Waals surface area contributed by atoms with Crippen molar-refractivity contribution >= 4 is 71.7 Å². The maximum atomic E-state index is 13.2. The van der Waals surface area contributed by atoms with Crippen LogP contribution in [0, 0.1) is 66.6 Å². The van der Waals surface area contributed by atoms with Gasteiger partial charge in [0.25, 0.3) is 0 Å². The van der Waals surface area contributed by atoms with Gasteiger partial charge in [-0.05, 0) is 166 Å². The van der Waals surface area contributed by atoms with Gasteiger partial charge in [0, 0.05) is 181 Å². The summed E-state index contributed by atoms with van der Waals surface area (Å²) in [4.78, 5) is 107. The first-order valence-corrected chi connectivity index (χ1v) is 46.8. The third-order valence-corrected chi connectivity index (χ3v) is 22.7. The molecule has 2 saturated carbocycles. The van der Waals surface area contributed by atoms with Crippen LogP contribution in [-0.2, 0) is 78.7 Å². The maximum Gasteiger partial charge on any atom is 0.501 e. The van der Waals surface area contributed by atoms with Crippen LogP contribution in [0.15, 0.2) is 61.7 Å². The van der Waals surface area contributed by atoms with Crippen LogP contribution < -0.4 is 75.2 Å². The van der Waals surface area contributed by atoms with Gasteiger partial charge in [0.2, 0.25) is 74.8 Å². The van der Waals surface area contributed by atoms with Crippen LogP contribution in [0.5, 0.6) is 0 Å². The Kier molecular flexibility index (Phi) is 89.1. The molecule has 41 heteroatoms. The molecule has 1 saturated heterocycles. The van der Waals surface area contributed by atoms with Crippen molar-refractivity contribution in [2.24, 2.45) is 81.1 Å². The van der Waals surface area contributed by atoms with Gasteiger partial charge in [-0.25, -0.2) is 0 Å². The number of aliphatic hydroxyl groups is 2. The highest BCUT2D eigenvalue weighted by Gasteiger charge is 2.47. The number of hydrogen-bond acceptors (Lipinski definition) is 22. The van der Waals surface area contributed by atoms with Crippen molar-refractivity contribution in [1.29, 1.82) is 0 Å². The van der Waals surface area contributed by atoms with Crippen molar-refractivity contribution in [2.45, 2.75) is 281 Å². The third kappa shape index (κ3) is 71.6. The summed E-state index contributed by atoms with van der Waals surface area (Å²) in [6, 6.07) is 1.98. The maximum absolute atomic E-state index is 13.2. The number of nitrogens with two attached hydrogens (primary N) is 5. The van der Waals surface area contributed by atoms with Gasteiger partial charge in [0.1, 0.15) is 13.1 Å². The van der Waals surface area contributed by atoms with Crippen molar-refractivity contribution in [3.63, 3.8) is 0 Å². The molecule has 0 aromatic carbocycles. The summed E-state index contributed by atoms with van der Waals surface area (Å²) in [7, 11) is 2.45. The van der Waals surface area contributed by atoms with E-state index in [9.17, 15) is 48.3 Å². The molecule has 3 aliphatic rings. The van der Waals surface area contributed by atoms with Crippen molar-refractivity contribution in [1.82, 2.24) is 57.8 Å². The molecule has 2 aromatic rings. The Morgan fingerprint density at radius 2 is 1.11 bits per heavy atom. The lowest BCUT2D eigenvalue weighted by molar-refractivity contribution is -0.753. The zero-order valence-corrected chi connectivity index (χ0v) is 81.2. The van der Waals surface area contributed by atoms with Gasteiger partial charge in [-0.3, -0.25) is 43.2 Å².